The molecule has 3 aromatic carbocycles. The number of rotatable bonds is 10. The smallest absolute Gasteiger partial charge is 0.227 e. The summed E-state index contributed by atoms with van der Waals surface area (Å²) in [6, 6.07) is 22.7. The maximum atomic E-state index is 13.6. The van der Waals surface area contributed by atoms with Crippen molar-refractivity contribution >= 4 is 34.8 Å². The third-order valence-corrected chi connectivity index (χ3v) is 8.47. The predicted octanol–water partition coefficient (Wildman–Crippen LogP) is 5.17. The van der Waals surface area contributed by atoms with Crippen LogP contribution >= 0.6 is 11.6 Å². The zero-order chi connectivity index (χ0) is 29.5. The molecule has 0 radical (unpaired) electrons. The van der Waals surface area contributed by atoms with Gasteiger partial charge < -0.3 is 24.6 Å². The van der Waals surface area contributed by atoms with E-state index in [0.29, 0.717) is 25.1 Å². The molecule has 2 heterocycles. The number of hydrogen-bond acceptors (Lipinski definition) is 6. The lowest BCUT2D eigenvalue weighted by molar-refractivity contribution is -0.129. The number of hydrogen-bond donors (Lipinski definition) is 1. The van der Waals surface area contributed by atoms with E-state index < -0.39 is 6.04 Å². The minimum absolute atomic E-state index is 0.00181. The Morgan fingerprint density at radius 3 is 2.21 bits per heavy atom. The van der Waals surface area contributed by atoms with Crippen LogP contribution < -0.4 is 24.6 Å². The summed E-state index contributed by atoms with van der Waals surface area (Å²) in [6.07, 6.45) is 1.68. The first kappa shape index (κ1) is 29.7. The molecule has 42 heavy (non-hydrogen) atoms. The predicted molar refractivity (Wildman–Crippen MR) is 167 cm³/mol. The number of halogens is 1. The third kappa shape index (κ3) is 6.99. The monoisotopic (exact) mass is 590 g/mol. The van der Waals surface area contributed by atoms with Gasteiger partial charge in [0, 0.05) is 55.5 Å². The Morgan fingerprint density at radius 2 is 1.57 bits per heavy atom. The molecule has 0 spiro atoms. The molecule has 2 aliphatic rings. The van der Waals surface area contributed by atoms with Gasteiger partial charge in [-0.25, -0.2) is 0 Å². The van der Waals surface area contributed by atoms with E-state index in [1.807, 2.05) is 66.7 Å². The summed E-state index contributed by atoms with van der Waals surface area (Å²) in [7, 11) is 3.24. The van der Waals surface area contributed by atoms with Crippen LogP contribution in [0.1, 0.15) is 30.9 Å². The number of amides is 2. The molecule has 0 aromatic heterocycles. The van der Waals surface area contributed by atoms with Gasteiger partial charge in [0.05, 0.1) is 26.2 Å². The number of benzene rings is 3. The second-order valence-electron chi connectivity index (χ2n) is 10.8. The molecule has 2 atom stereocenters. The highest BCUT2D eigenvalue weighted by molar-refractivity contribution is 6.30. The van der Waals surface area contributed by atoms with E-state index in [4.69, 9.17) is 21.1 Å². The topological polar surface area (TPSA) is 74.4 Å². The van der Waals surface area contributed by atoms with E-state index in [-0.39, 0.29) is 17.7 Å². The maximum absolute atomic E-state index is 13.6. The third-order valence-electron chi connectivity index (χ3n) is 8.24. The number of nitrogens with zero attached hydrogens (tertiary/aromatic N) is 3. The van der Waals surface area contributed by atoms with Crippen LogP contribution in [0.5, 0.6) is 11.5 Å². The minimum atomic E-state index is -0.426. The van der Waals surface area contributed by atoms with Crippen molar-refractivity contribution < 1.29 is 19.1 Å². The van der Waals surface area contributed by atoms with Crippen LogP contribution in [0.2, 0.25) is 5.02 Å². The average molecular weight is 591 g/mol. The van der Waals surface area contributed by atoms with Crippen LogP contribution in [0.3, 0.4) is 0 Å². The summed E-state index contributed by atoms with van der Waals surface area (Å²) in [4.78, 5) is 33.5. The van der Waals surface area contributed by atoms with E-state index in [1.165, 1.54) is 0 Å². The molecule has 9 heteroatoms. The Labute approximate surface area is 253 Å². The van der Waals surface area contributed by atoms with E-state index >= 15 is 0 Å². The molecule has 2 fully saturated rings. The van der Waals surface area contributed by atoms with Gasteiger partial charge in [-0.05, 0) is 79.5 Å². The SMILES string of the molecule is COc1ccc([C@@H]2[C@@H](C(=O)NCCCN3CCN(c4cccc(Cl)c4)CC3)CCC(=O)N2c2ccc(OC)cc2)cc1. The van der Waals surface area contributed by atoms with Crippen LogP contribution in [0.4, 0.5) is 11.4 Å². The Hall–Kier alpha value is -3.75. The molecule has 2 amide bonds. The van der Waals surface area contributed by atoms with E-state index in [0.717, 1.165) is 66.9 Å². The van der Waals surface area contributed by atoms with Crippen molar-refractivity contribution in [2.75, 3.05) is 63.3 Å². The van der Waals surface area contributed by atoms with Gasteiger partial charge in [-0.3, -0.25) is 14.5 Å². The normalized spacial score (nSPS) is 19.5. The highest BCUT2D eigenvalue weighted by atomic mass is 35.5. The van der Waals surface area contributed by atoms with Crippen molar-refractivity contribution in [1.82, 2.24) is 10.2 Å². The van der Waals surface area contributed by atoms with Crippen LogP contribution in [-0.4, -0.2) is 70.2 Å². The molecule has 0 saturated carbocycles. The van der Waals surface area contributed by atoms with Crippen molar-refractivity contribution in [2.24, 2.45) is 5.92 Å². The number of carbonyl (C=O) groups excluding carboxylic acids is 2. The average Bonchev–Trinajstić information content (AvgIpc) is 3.03. The van der Waals surface area contributed by atoms with Crippen LogP contribution in [0.25, 0.3) is 0 Å². The molecular formula is C33H39ClN4O4. The number of ether oxygens (including phenoxy) is 2. The molecule has 0 unspecified atom stereocenters. The second kappa shape index (κ2) is 13.9. The molecule has 8 nitrogen and oxygen atoms in total. The molecule has 2 saturated heterocycles. The van der Waals surface area contributed by atoms with Crippen LogP contribution in [0.15, 0.2) is 72.8 Å². The minimum Gasteiger partial charge on any atom is -0.497 e. The highest BCUT2D eigenvalue weighted by Gasteiger charge is 2.41. The zero-order valence-electron chi connectivity index (χ0n) is 24.3. The molecular weight excluding hydrogens is 552 g/mol. The first-order chi connectivity index (χ1) is 20.5. The maximum Gasteiger partial charge on any atom is 0.227 e. The summed E-state index contributed by atoms with van der Waals surface area (Å²) >= 11 is 6.17. The summed E-state index contributed by atoms with van der Waals surface area (Å²) in [5, 5.41) is 3.95. The molecule has 1 N–H and O–H groups in total. The first-order valence-corrected chi connectivity index (χ1v) is 15.0. The van der Waals surface area contributed by atoms with Crippen LogP contribution in [0, 0.1) is 5.92 Å². The Bertz CT molecular complexity index is 1340. The van der Waals surface area contributed by atoms with E-state index in [9.17, 15) is 9.59 Å². The lowest BCUT2D eigenvalue weighted by Gasteiger charge is -2.41. The van der Waals surface area contributed by atoms with Gasteiger partial charge in [0.15, 0.2) is 0 Å². The summed E-state index contributed by atoms with van der Waals surface area (Å²) in [6.45, 7) is 5.37. The Morgan fingerprint density at radius 1 is 0.905 bits per heavy atom. The lowest BCUT2D eigenvalue weighted by atomic mass is 9.83. The van der Waals surface area contributed by atoms with Crippen molar-refractivity contribution in [3.8, 4) is 11.5 Å². The quantitative estimate of drug-likeness (QED) is 0.329. The summed E-state index contributed by atoms with van der Waals surface area (Å²) < 4.78 is 10.7. The zero-order valence-corrected chi connectivity index (χ0v) is 25.1. The van der Waals surface area contributed by atoms with Gasteiger partial charge in [0.25, 0.3) is 0 Å². The van der Waals surface area contributed by atoms with Crippen LogP contribution in [-0.2, 0) is 9.59 Å². The number of nitrogens with one attached hydrogen (secondary N) is 1. The van der Waals surface area contributed by atoms with Gasteiger partial charge in [-0.15, -0.1) is 0 Å². The van der Waals surface area contributed by atoms with Gasteiger partial charge in [0.1, 0.15) is 11.5 Å². The fraction of sp³-hybridized carbons (Fsp3) is 0.394. The van der Waals surface area contributed by atoms with Crippen molar-refractivity contribution in [3.05, 3.63) is 83.4 Å². The van der Waals surface area contributed by atoms with E-state index in [2.05, 4.69) is 21.2 Å². The second-order valence-corrected chi connectivity index (χ2v) is 11.2. The largest absolute Gasteiger partial charge is 0.497 e. The first-order valence-electron chi connectivity index (χ1n) is 14.6. The van der Waals surface area contributed by atoms with Gasteiger partial charge in [-0.1, -0.05) is 29.8 Å². The Balaban J connectivity index is 1.21. The van der Waals surface area contributed by atoms with Gasteiger partial charge in [-0.2, -0.15) is 0 Å². The van der Waals surface area contributed by atoms with Gasteiger partial charge in [0.2, 0.25) is 11.8 Å². The van der Waals surface area contributed by atoms with Crippen molar-refractivity contribution in [3.63, 3.8) is 0 Å². The molecule has 0 bridgehead atoms. The van der Waals surface area contributed by atoms with Crippen molar-refractivity contribution in [2.45, 2.75) is 25.3 Å². The molecule has 2 aliphatic heterocycles. The summed E-state index contributed by atoms with van der Waals surface area (Å²) in [5.41, 5.74) is 2.81. The lowest BCUT2D eigenvalue weighted by Crippen LogP contribution is -2.49. The fourth-order valence-corrected chi connectivity index (χ4v) is 6.13. The number of piperazine rings is 1. The number of methoxy groups -OCH3 is 2. The highest BCUT2D eigenvalue weighted by Crippen LogP contribution is 2.41. The molecule has 0 aliphatic carbocycles. The van der Waals surface area contributed by atoms with Gasteiger partial charge >= 0.3 is 0 Å². The van der Waals surface area contributed by atoms with E-state index in [1.54, 1.807) is 19.1 Å². The molecule has 5 rings (SSSR count). The molecule has 222 valence electrons. The number of anilines is 2. The fourth-order valence-electron chi connectivity index (χ4n) is 5.94. The Kier molecular flexibility index (Phi) is 9.87. The number of piperidine rings is 1. The standard InChI is InChI=1S/C33H39ClN4O4/c1-41-28-11-7-24(8-12-28)32-30(15-16-31(39)38(32)26-9-13-29(42-2)14-10-26)33(40)35-17-4-18-36-19-21-37(22-20-36)27-6-3-5-25(34)23-27/h3,5-14,23,30,32H,4,15-22H2,1-2H3,(H,35,40)/t30-,32+/m0/s1. The molecule has 3 aromatic rings. The summed E-state index contributed by atoms with van der Waals surface area (Å²) in [5.74, 6) is 1.05. The van der Waals surface area contributed by atoms with Crippen molar-refractivity contribution in [1.29, 1.82) is 0 Å². The number of carbonyl (C=O) groups is 2.